The van der Waals surface area contributed by atoms with Crippen molar-refractivity contribution < 1.29 is 52.5 Å². The Bertz CT molecular complexity index is 714. The zero-order chi connectivity index (χ0) is 22.9. The normalized spacial score (nSPS) is 26.4. The number of rotatable bonds is 11. The van der Waals surface area contributed by atoms with E-state index in [1.807, 2.05) is 30.3 Å². The molecule has 1 aliphatic rings. The first-order chi connectivity index (χ1) is 14.8. The fourth-order valence-electron chi connectivity index (χ4n) is 2.64. The maximum Gasteiger partial charge on any atom is 0.474 e. The van der Waals surface area contributed by atoms with Crippen LogP contribution in [0.1, 0.15) is 5.56 Å². The zero-order valence-electron chi connectivity index (χ0n) is 17.2. The maximum atomic E-state index is 11.9. The first-order valence-corrected chi connectivity index (χ1v) is 10.9. The summed E-state index contributed by atoms with van der Waals surface area (Å²) in [6, 6.07) is 9.13. The molecular weight excluding hydrogens is 437 g/mol. The number of phosphoric acid groups is 1. The highest BCUT2D eigenvalue weighted by Gasteiger charge is 2.45. The molecule has 4 N–H and O–H groups in total. The molecule has 5 atom stereocenters. The average molecular weight is 465 g/mol. The van der Waals surface area contributed by atoms with Gasteiger partial charge in [-0.15, -0.1) is 0 Å². The van der Waals surface area contributed by atoms with Gasteiger partial charge in [-0.1, -0.05) is 30.3 Å². The number of hydrogen-bond acceptors (Lipinski definition) is 11. The summed E-state index contributed by atoms with van der Waals surface area (Å²) in [6.45, 7) is -0.417. The molecule has 0 spiro atoms. The van der Waals surface area contributed by atoms with Crippen LogP contribution in [0.15, 0.2) is 30.3 Å². The van der Waals surface area contributed by atoms with E-state index in [1.54, 1.807) is 0 Å². The molecule has 13 heteroatoms. The van der Waals surface area contributed by atoms with E-state index in [-0.39, 0.29) is 19.8 Å². The summed E-state index contributed by atoms with van der Waals surface area (Å²) in [5.41, 5.74) is 0.833. The number of benzene rings is 1. The van der Waals surface area contributed by atoms with Gasteiger partial charge in [-0.25, -0.2) is 9.36 Å². The van der Waals surface area contributed by atoms with Crippen LogP contribution >= 0.6 is 7.82 Å². The van der Waals surface area contributed by atoms with Gasteiger partial charge in [-0.2, -0.15) is 0 Å². The molecule has 0 bridgehead atoms. The number of carbonyl (C=O) groups is 1. The van der Waals surface area contributed by atoms with Crippen LogP contribution in [0.25, 0.3) is 0 Å². The van der Waals surface area contributed by atoms with E-state index in [2.05, 4.69) is 14.4 Å². The Hall–Kier alpha value is -1.60. The van der Waals surface area contributed by atoms with E-state index < -0.39 is 51.2 Å². The van der Waals surface area contributed by atoms with Gasteiger partial charge >= 0.3 is 13.9 Å². The number of alkyl carbamates (subject to hydrolysis) is 1. The Morgan fingerprint density at radius 3 is 2.42 bits per heavy atom. The van der Waals surface area contributed by atoms with Gasteiger partial charge in [0.05, 0.1) is 13.2 Å². The summed E-state index contributed by atoms with van der Waals surface area (Å²) >= 11 is 0. The lowest BCUT2D eigenvalue weighted by Gasteiger charge is -2.40. The van der Waals surface area contributed by atoms with Gasteiger partial charge in [-0.3, -0.25) is 13.6 Å². The van der Waals surface area contributed by atoms with Gasteiger partial charge in [0.15, 0.2) is 6.29 Å². The average Bonchev–Trinajstić information content (AvgIpc) is 2.80. The second-order valence-corrected chi connectivity index (χ2v) is 8.37. The number of aliphatic hydroxyl groups is 3. The number of aliphatic hydroxyl groups excluding tert-OH is 3. The van der Waals surface area contributed by atoms with Crippen LogP contribution < -0.4 is 5.32 Å². The molecule has 0 saturated carbocycles. The topological polar surface area (TPSA) is 162 Å². The third kappa shape index (κ3) is 7.79. The van der Waals surface area contributed by atoms with Crippen molar-refractivity contribution in [3.8, 4) is 0 Å². The largest absolute Gasteiger partial charge is 0.474 e. The van der Waals surface area contributed by atoms with Crippen molar-refractivity contribution in [1.29, 1.82) is 0 Å². The SMILES string of the molecule is COP(=O)(OC)OC[C@H]1O[C@H](OCCNC(=O)OCc2ccccc2)[C@@H](O)[C@@H](O)[C@@H]1O. The molecular formula is C18H28NO11P. The van der Waals surface area contributed by atoms with E-state index >= 15 is 0 Å². The quantitative estimate of drug-likeness (QED) is 0.260. The molecule has 1 aromatic carbocycles. The molecule has 1 aliphatic heterocycles. The highest BCUT2D eigenvalue weighted by Crippen LogP contribution is 2.47. The van der Waals surface area contributed by atoms with Gasteiger partial charge in [-0.05, 0) is 5.56 Å². The molecule has 12 nitrogen and oxygen atoms in total. The minimum absolute atomic E-state index is 0.0303. The molecule has 1 fully saturated rings. The van der Waals surface area contributed by atoms with Crippen LogP contribution in [-0.4, -0.2) is 86.1 Å². The van der Waals surface area contributed by atoms with Crippen LogP contribution in [0.2, 0.25) is 0 Å². The minimum Gasteiger partial charge on any atom is -0.445 e. The molecule has 1 saturated heterocycles. The van der Waals surface area contributed by atoms with Crippen LogP contribution in [0, 0.1) is 0 Å². The third-order valence-corrected chi connectivity index (χ3v) is 5.74. The molecule has 1 amide bonds. The van der Waals surface area contributed by atoms with Gasteiger partial charge < -0.3 is 34.8 Å². The van der Waals surface area contributed by atoms with Crippen LogP contribution in [0.5, 0.6) is 0 Å². The summed E-state index contributed by atoms with van der Waals surface area (Å²) in [5, 5.41) is 32.6. The Morgan fingerprint density at radius 1 is 1.10 bits per heavy atom. The summed E-state index contributed by atoms with van der Waals surface area (Å²) < 4.78 is 42.0. The molecule has 0 aromatic heterocycles. The molecule has 31 heavy (non-hydrogen) atoms. The lowest BCUT2D eigenvalue weighted by atomic mass is 9.99. The zero-order valence-corrected chi connectivity index (χ0v) is 18.1. The van der Waals surface area contributed by atoms with E-state index in [9.17, 15) is 24.7 Å². The smallest absolute Gasteiger partial charge is 0.445 e. The highest BCUT2D eigenvalue weighted by molar-refractivity contribution is 7.48. The standard InChI is InChI=1S/C18H28NO11P/c1-25-31(24,26-2)29-11-13-14(20)15(21)16(22)17(30-13)27-9-8-19-18(23)28-10-12-6-4-3-5-7-12/h3-7,13-17,20-22H,8-11H2,1-2H3,(H,19,23)/t13-,14-,15+,16+,17+/m1/s1. The number of ether oxygens (including phenoxy) is 3. The Labute approximate surface area is 179 Å². The minimum atomic E-state index is -3.83. The summed E-state index contributed by atoms with van der Waals surface area (Å²) in [6.07, 6.45) is -7.89. The Morgan fingerprint density at radius 2 is 1.77 bits per heavy atom. The third-order valence-electron chi connectivity index (χ3n) is 4.38. The van der Waals surface area contributed by atoms with E-state index in [0.717, 1.165) is 19.8 Å². The lowest BCUT2D eigenvalue weighted by molar-refractivity contribution is -0.299. The molecule has 1 heterocycles. The molecule has 0 aliphatic carbocycles. The van der Waals surface area contributed by atoms with E-state index in [4.69, 9.17) is 18.7 Å². The predicted octanol–water partition coefficient (Wildman–Crippen LogP) is 0.154. The first kappa shape index (κ1) is 25.7. The number of amides is 1. The fourth-order valence-corrected chi connectivity index (χ4v) is 3.33. The van der Waals surface area contributed by atoms with Crippen molar-refractivity contribution in [3.05, 3.63) is 35.9 Å². The van der Waals surface area contributed by atoms with Crippen LogP contribution in [-0.2, 0) is 39.0 Å². The molecule has 2 rings (SSSR count). The van der Waals surface area contributed by atoms with Crippen molar-refractivity contribution in [3.63, 3.8) is 0 Å². The van der Waals surface area contributed by atoms with E-state index in [0.29, 0.717) is 0 Å². The second kappa shape index (κ2) is 12.4. The highest BCUT2D eigenvalue weighted by atomic mass is 31.2. The van der Waals surface area contributed by atoms with Crippen molar-refractivity contribution in [1.82, 2.24) is 5.32 Å². The van der Waals surface area contributed by atoms with Crippen molar-refractivity contribution in [2.75, 3.05) is 34.0 Å². The summed E-state index contributed by atoms with van der Waals surface area (Å²) in [5.74, 6) is 0. The summed E-state index contributed by atoms with van der Waals surface area (Å²) in [4.78, 5) is 11.7. The van der Waals surface area contributed by atoms with Crippen molar-refractivity contribution in [2.24, 2.45) is 0 Å². The molecule has 0 unspecified atom stereocenters. The van der Waals surface area contributed by atoms with Crippen molar-refractivity contribution in [2.45, 2.75) is 37.3 Å². The number of phosphoric ester groups is 1. The molecule has 0 radical (unpaired) electrons. The van der Waals surface area contributed by atoms with Gasteiger partial charge in [0.2, 0.25) is 0 Å². The Balaban J connectivity index is 1.75. The van der Waals surface area contributed by atoms with Gasteiger partial charge in [0, 0.05) is 20.8 Å². The first-order valence-electron chi connectivity index (χ1n) is 9.41. The molecule has 1 aromatic rings. The number of carbonyl (C=O) groups excluding carboxylic acids is 1. The number of hydrogen-bond donors (Lipinski definition) is 4. The number of nitrogens with one attached hydrogen (secondary N) is 1. The van der Waals surface area contributed by atoms with Crippen LogP contribution in [0.4, 0.5) is 4.79 Å². The molecule has 176 valence electrons. The fraction of sp³-hybridized carbons (Fsp3) is 0.611. The summed E-state index contributed by atoms with van der Waals surface area (Å²) in [7, 11) is -1.60. The Kier molecular flexibility index (Phi) is 10.3. The van der Waals surface area contributed by atoms with Crippen molar-refractivity contribution >= 4 is 13.9 Å². The lowest BCUT2D eigenvalue weighted by Crippen LogP contribution is -2.59. The predicted molar refractivity (Wildman–Crippen MR) is 105 cm³/mol. The van der Waals surface area contributed by atoms with E-state index in [1.165, 1.54) is 0 Å². The second-order valence-electron chi connectivity index (χ2n) is 6.48. The van der Waals surface area contributed by atoms with Gasteiger partial charge in [0.25, 0.3) is 0 Å². The van der Waals surface area contributed by atoms with Crippen LogP contribution in [0.3, 0.4) is 0 Å². The maximum absolute atomic E-state index is 11.9. The monoisotopic (exact) mass is 465 g/mol. The van der Waals surface area contributed by atoms with Gasteiger partial charge in [0.1, 0.15) is 31.0 Å².